The number of benzene rings is 1. The Kier molecular flexibility index (Phi) is 4.49. The molecule has 6 rings (SSSR count). The minimum absolute atomic E-state index is 0.142. The van der Waals surface area contributed by atoms with Crippen LogP contribution in [0.15, 0.2) is 24.4 Å². The van der Waals surface area contributed by atoms with Crippen LogP contribution in [0.25, 0.3) is 0 Å². The molecule has 4 aliphatic rings. The summed E-state index contributed by atoms with van der Waals surface area (Å²) < 4.78 is 0. The van der Waals surface area contributed by atoms with E-state index in [4.69, 9.17) is 23.2 Å². The van der Waals surface area contributed by atoms with Gasteiger partial charge in [-0.05, 0) is 80.0 Å². The Labute approximate surface area is 173 Å². The highest BCUT2D eigenvalue weighted by atomic mass is 35.5. The van der Waals surface area contributed by atoms with Gasteiger partial charge in [0.1, 0.15) is 0 Å². The highest BCUT2D eigenvalue weighted by molar-refractivity contribution is 7.15. The first-order valence-electron chi connectivity index (χ1n) is 9.69. The van der Waals surface area contributed by atoms with Crippen LogP contribution in [-0.2, 0) is 11.2 Å². The summed E-state index contributed by atoms with van der Waals surface area (Å²) in [5.41, 5.74) is 0.836. The maximum Gasteiger partial charge on any atom is 0.232 e. The van der Waals surface area contributed by atoms with Gasteiger partial charge >= 0.3 is 0 Å². The number of nitrogens with zero attached hydrogens (tertiary/aromatic N) is 1. The lowest BCUT2D eigenvalue weighted by molar-refractivity contribution is -0.140. The van der Waals surface area contributed by atoms with Crippen molar-refractivity contribution in [2.24, 2.45) is 23.2 Å². The summed E-state index contributed by atoms with van der Waals surface area (Å²) in [5, 5.41) is 5.21. The van der Waals surface area contributed by atoms with E-state index >= 15 is 0 Å². The second-order valence-electron chi connectivity index (χ2n) is 8.70. The zero-order valence-electron chi connectivity index (χ0n) is 15.0. The molecule has 0 radical (unpaired) electrons. The normalized spacial score (nSPS) is 31.3. The van der Waals surface area contributed by atoms with E-state index in [0.717, 1.165) is 47.5 Å². The van der Waals surface area contributed by atoms with Crippen LogP contribution in [0, 0.1) is 23.2 Å². The molecule has 0 unspecified atom stereocenters. The number of amides is 1. The monoisotopic (exact) mass is 420 g/mol. The average Bonchev–Trinajstić information content (AvgIpc) is 3.04. The maximum absolute atomic E-state index is 13.1. The fourth-order valence-electron chi connectivity index (χ4n) is 5.93. The van der Waals surface area contributed by atoms with Crippen molar-refractivity contribution in [2.45, 2.75) is 44.9 Å². The highest BCUT2D eigenvalue weighted by Gasteiger charge is 2.54. The summed E-state index contributed by atoms with van der Waals surface area (Å²) in [6.07, 6.45) is 9.74. The molecule has 142 valence electrons. The summed E-state index contributed by atoms with van der Waals surface area (Å²) in [6.45, 7) is 0. The molecule has 1 aromatic heterocycles. The van der Waals surface area contributed by atoms with Gasteiger partial charge in [0.25, 0.3) is 0 Å². The van der Waals surface area contributed by atoms with Crippen molar-refractivity contribution in [3.8, 4) is 0 Å². The molecule has 1 N–H and O–H groups in total. The zero-order valence-corrected chi connectivity index (χ0v) is 17.3. The van der Waals surface area contributed by atoms with Crippen molar-refractivity contribution in [1.82, 2.24) is 4.98 Å². The van der Waals surface area contributed by atoms with Crippen molar-refractivity contribution in [1.29, 1.82) is 0 Å². The summed E-state index contributed by atoms with van der Waals surface area (Å²) in [7, 11) is 0. The van der Waals surface area contributed by atoms with Crippen LogP contribution in [0.5, 0.6) is 0 Å². The van der Waals surface area contributed by atoms with E-state index in [1.54, 1.807) is 6.07 Å². The third kappa shape index (κ3) is 3.41. The molecule has 0 aliphatic heterocycles. The van der Waals surface area contributed by atoms with Crippen LogP contribution in [0.2, 0.25) is 10.0 Å². The van der Waals surface area contributed by atoms with Gasteiger partial charge in [-0.25, -0.2) is 4.98 Å². The van der Waals surface area contributed by atoms with Crippen molar-refractivity contribution >= 4 is 45.6 Å². The molecule has 0 atom stereocenters. The van der Waals surface area contributed by atoms with Crippen LogP contribution in [0.4, 0.5) is 5.13 Å². The first kappa shape index (κ1) is 18.0. The van der Waals surface area contributed by atoms with E-state index in [9.17, 15) is 4.79 Å². The van der Waals surface area contributed by atoms with Crippen LogP contribution in [-0.4, -0.2) is 10.9 Å². The number of hydrogen-bond acceptors (Lipinski definition) is 3. The van der Waals surface area contributed by atoms with E-state index in [1.807, 2.05) is 18.3 Å². The summed E-state index contributed by atoms with van der Waals surface area (Å²) in [5.74, 6) is 2.49. The largest absolute Gasteiger partial charge is 0.301 e. The van der Waals surface area contributed by atoms with E-state index in [2.05, 4.69) is 10.3 Å². The molecule has 27 heavy (non-hydrogen) atoms. The van der Waals surface area contributed by atoms with Gasteiger partial charge in [0, 0.05) is 27.5 Å². The number of nitrogens with one attached hydrogen (secondary N) is 1. The molecule has 1 amide bonds. The number of thiazole rings is 1. The second kappa shape index (κ2) is 6.75. The van der Waals surface area contributed by atoms with Gasteiger partial charge in [-0.2, -0.15) is 0 Å². The SMILES string of the molecule is O=C(Nc1ncc(Cc2cc(Cl)ccc2Cl)s1)C12CC3CC(CC(C3)C1)C2. The molecular formula is C21H22Cl2N2OS. The smallest absolute Gasteiger partial charge is 0.232 e. The molecule has 4 aliphatic carbocycles. The van der Waals surface area contributed by atoms with Crippen LogP contribution < -0.4 is 5.32 Å². The Morgan fingerprint density at radius 2 is 1.81 bits per heavy atom. The first-order chi connectivity index (χ1) is 13.0. The average molecular weight is 421 g/mol. The van der Waals surface area contributed by atoms with Gasteiger partial charge < -0.3 is 5.32 Å². The number of aromatic nitrogens is 1. The van der Waals surface area contributed by atoms with Crippen LogP contribution in [0.1, 0.15) is 49.0 Å². The Morgan fingerprint density at radius 3 is 2.48 bits per heavy atom. The Hall–Kier alpha value is -1.10. The molecule has 2 aromatic rings. The lowest BCUT2D eigenvalue weighted by Gasteiger charge is -2.55. The van der Waals surface area contributed by atoms with Crippen molar-refractivity contribution in [3.63, 3.8) is 0 Å². The molecule has 4 fully saturated rings. The first-order valence-corrected chi connectivity index (χ1v) is 11.3. The van der Waals surface area contributed by atoms with Crippen molar-refractivity contribution in [2.75, 3.05) is 5.32 Å². The van der Waals surface area contributed by atoms with Crippen molar-refractivity contribution < 1.29 is 4.79 Å². The lowest BCUT2D eigenvalue weighted by Crippen LogP contribution is -2.51. The number of hydrogen-bond donors (Lipinski definition) is 1. The molecule has 0 saturated heterocycles. The molecule has 0 spiro atoms. The van der Waals surface area contributed by atoms with Gasteiger partial charge in [0.2, 0.25) is 5.91 Å². The molecule has 1 heterocycles. The number of carbonyl (C=O) groups is 1. The predicted molar refractivity (Wildman–Crippen MR) is 111 cm³/mol. The molecule has 3 nitrogen and oxygen atoms in total. The maximum atomic E-state index is 13.1. The van der Waals surface area contributed by atoms with Gasteiger partial charge in [-0.15, -0.1) is 11.3 Å². The Bertz CT molecular complexity index is 859. The number of halogens is 2. The van der Waals surface area contributed by atoms with Gasteiger partial charge in [0.15, 0.2) is 5.13 Å². The van der Waals surface area contributed by atoms with E-state index in [0.29, 0.717) is 21.6 Å². The molecular weight excluding hydrogens is 399 g/mol. The minimum Gasteiger partial charge on any atom is -0.301 e. The quantitative estimate of drug-likeness (QED) is 0.639. The molecule has 1 aromatic carbocycles. The Morgan fingerprint density at radius 1 is 1.15 bits per heavy atom. The van der Waals surface area contributed by atoms with Crippen molar-refractivity contribution in [3.05, 3.63) is 44.9 Å². The number of carbonyl (C=O) groups excluding carboxylic acids is 1. The molecule has 6 heteroatoms. The second-order valence-corrected chi connectivity index (χ2v) is 10.7. The zero-order chi connectivity index (χ0) is 18.6. The van der Waals surface area contributed by atoms with Gasteiger partial charge in [0.05, 0.1) is 5.41 Å². The summed E-state index contributed by atoms with van der Waals surface area (Å²) in [6, 6.07) is 5.49. The number of rotatable bonds is 4. The third-order valence-electron chi connectivity index (χ3n) is 6.67. The van der Waals surface area contributed by atoms with E-state index < -0.39 is 0 Å². The third-order valence-corrected chi connectivity index (χ3v) is 8.18. The highest BCUT2D eigenvalue weighted by Crippen LogP contribution is 2.60. The molecule has 4 bridgehead atoms. The standard InChI is InChI=1S/C21H22Cl2N2OS/c22-16-1-2-18(23)15(6-16)7-17-11-24-20(27-17)25-19(26)21-8-12-3-13(9-21)5-14(4-12)10-21/h1-2,6,11-14H,3-5,7-10H2,(H,24,25,26). The molecule has 4 saturated carbocycles. The van der Waals surface area contributed by atoms with E-state index in [1.165, 1.54) is 30.6 Å². The van der Waals surface area contributed by atoms with E-state index in [-0.39, 0.29) is 11.3 Å². The Balaban J connectivity index is 1.29. The lowest BCUT2D eigenvalue weighted by atomic mass is 9.49. The van der Waals surface area contributed by atoms with Crippen LogP contribution >= 0.6 is 34.5 Å². The van der Waals surface area contributed by atoms with Gasteiger partial charge in [-0.1, -0.05) is 23.2 Å². The fraction of sp³-hybridized carbons (Fsp3) is 0.524. The number of anilines is 1. The minimum atomic E-state index is -0.142. The topological polar surface area (TPSA) is 42.0 Å². The summed E-state index contributed by atoms with van der Waals surface area (Å²) >= 11 is 13.9. The summed E-state index contributed by atoms with van der Waals surface area (Å²) in [4.78, 5) is 18.7. The predicted octanol–water partition coefficient (Wildman–Crippen LogP) is 6.20. The van der Waals surface area contributed by atoms with Crippen LogP contribution in [0.3, 0.4) is 0 Å². The fourth-order valence-corrected chi connectivity index (χ4v) is 7.14. The van der Waals surface area contributed by atoms with Gasteiger partial charge in [-0.3, -0.25) is 4.79 Å².